The van der Waals surface area contributed by atoms with E-state index in [1.54, 1.807) is 16.7 Å². The van der Waals surface area contributed by atoms with Crippen molar-refractivity contribution in [3.63, 3.8) is 0 Å². The summed E-state index contributed by atoms with van der Waals surface area (Å²) in [5.74, 6) is 0.192. The van der Waals surface area contributed by atoms with E-state index in [0.717, 1.165) is 5.52 Å². The summed E-state index contributed by atoms with van der Waals surface area (Å²) in [6, 6.07) is 5.39. The maximum Gasteiger partial charge on any atom is 0.240 e. The highest BCUT2D eigenvalue weighted by atomic mass is 35.5. The Bertz CT molecular complexity index is 564. The van der Waals surface area contributed by atoms with Gasteiger partial charge in [0, 0.05) is 6.54 Å². The third kappa shape index (κ3) is 2.19. The molecule has 5 nitrogen and oxygen atoms in total. The van der Waals surface area contributed by atoms with Crippen LogP contribution in [0.5, 0.6) is 0 Å². The number of imidazole rings is 1. The minimum absolute atomic E-state index is 0.0986. The fraction of sp³-hybridized carbons (Fsp3) is 0.273. The number of nitrogens with one attached hydrogen (secondary N) is 1. The van der Waals surface area contributed by atoms with Crippen LogP contribution >= 0.6 is 11.6 Å². The summed E-state index contributed by atoms with van der Waals surface area (Å²) in [5.41, 5.74) is 7.17. The lowest BCUT2D eigenvalue weighted by molar-refractivity contribution is -0.121. The van der Waals surface area contributed by atoms with Crippen LogP contribution in [0, 0.1) is 0 Å². The van der Waals surface area contributed by atoms with Gasteiger partial charge in [0.25, 0.3) is 0 Å². The molecule has 0 bridgehead atoms. The lowest BCUT2D eigenvalue weighted by Gasteiger charge is -2.06. The summed E-state index contributed by atoms with van der Waals surface area (Å²) in [5, 5.41) is 3.25. The molecule has 0 fully saturated rings. The van der Waals surface area contributed by atoms with Gasteiger partial charge < -0.3 is 15.6 Å². The molecule has 1 aromatic heterocycles. The zero-order chi connectivity index (χ0) is 12.4. The Hall–Kier alpha value is -1.75. The molecule has 1 amide bonds. The molecule has 0 aliphatic rings. The second-order valence-corrected chi connectivity index (χ2v) is 4.02. The number of likely N-dealkylation sites (N-methyl/N-ethyl adjacent to an activating group) is 1. The average Bonchev–Trinajstić information content (AvgIpc) is 2.58. The Labute approximate surface area is 104 Å². The van der Waals surface area contributed by atoms with Gasteiger partial charge in [-0.3, -0.25) is 4.79 Å². The molecule has 6 heteroatoms. The van der Waals surface area contributed by atoms with Gasteiger partial charge in [0.05, 0.1) is 10.5 Å². The van der Waals surface area contributed by atoms with Crippen molar-refractivity contribution in [2.24, 2.45) is 0 Å². The van der Waals surface area contributed by atoms with Crippen molar-refractivity contribution in [3.8, 4) is 0 Å². The van der Waals surface area contributed by atoms with Crippen molar-refractivity contribution in [3.05, 3.63) is 23.2 Å². The summed E-state index contributed by atoms with van der Waals surface area (Å²) < 4.78 is 1.65. The second-order valence-electron chi connectivity index (χ2n) is 3.62. The number of amides is 1. The Kier molecular flexibility index (Phi) is 3.19. The van der Waals surface area contributed by atoms with Crippen LogP contribution in [0.15, 0.2) is 18.2 Å². The molecular weight excluding hydrogens is 240 g/mol. The van der Waals surface area contributed by atoms with Crippen molar-refractivity contribution in [1.29, 1.82) is 0 Å². The number of aromatic nitrogens is 2. The predicted molar refractivity (Wildman–Crippen MR) is 67.8 cm³/mol. The van der Waals surface area contributed by atoms with Crippen molar-refractivity contribution < 1.29 is 4.79 Å². The summed E-state index contributed by atoms with van der Waals surface area (Å²) in [4.78, 5) is 15.7. The molecule has 3 N–H and O–H groups in total. The summed E-state index contributed by atoms with van der Waals surface area (Å²) >= 11 is 6.01. The molecule has 17 heavy (non-hydrogen) atoms. The second kappa shape index (κ2) is 4.63. The van der Waals surface area contributed by atoms with E-state index in [-0.39, 0.29) is 12.5 Å². The summed E-state index contributed by atoms with van der Waals surface area (Å²) in [6.45, 7) is 2.60. The van der Waals surface area contributed by atoms with Crippen LogP contribution in [0.1, 0.15) is 6.92 Å². The lowest BCUT2D eigenvalue weighted by Crippen LogP contribution is -2.27. The molecule has 0 saturated carbocycles. The van der Waals surface area contributed by atoms with Gasteiger partial charge in [0.1, 0.15) is 12.1 Å². The zero-order valence-corrected chi connectivity index (χ0v) is 10.2. The summed E-state index contributed by atoms with van der Waals surface area (Å²) in [7, 11) is 0. The van der Waals surface area contributed by atoms with Crippen molar-refractivity contribution in [2.45, 2.75) is 13.5 Å². The lowest BCUT2D eigenvalue weighted by atomic mass is 10.3. The first kappa shape index (κ1) is 11.7. The molecule has 0 radical (unpaired) electrons. The first-order valence-corrected chi connectivity index (χ1v) is 5.68. The fourth-order valence-electron chi connectivity index (χ4n) is 1.69. The molecule has 0 aliphatic carbocycles. The number of nitrogens with two attached hydrogens (primary N) is 1. The van der Waals surface area contributed by atoms with E-state index < -0.39 is 0 Å². The van der Waals surface area contributed by atoms with Gasteiger partial charge in [-0.25, -0.2) is 4.98 Å². The topological polar surface area (TPSA) is 72.9 Å². The highest BCUT2D eigenvalue weighted by Crippen LogP contribution is 2.24. The van der Waals surface area contributed by atoms with E-state index in [1.807, 2.05) is 13.0 Å². The van der Waals surface area contributed by atoms with E-state index in [4.69, 9.17) is 17.3 Å². The molecule has 0 unspecified atom stereocenters. The van der Waals surface area contributed by atoms with Gasteiger partial charge in [-0.1, -0.05) is 17.7 Å². The molecule has 2 aromatic rings. The zero-order valence-electron chi connectivity index (χ0n) is 9.40. The van der Waals surface area contributed by atoms with Crippen LogP contribution in [0.25, 0.3) is 11.0 Å². The number of rotatable bonds is 3. The number of nitrogens with zero attached hydrogens (tertiary/aromatic N) is 2. The molecular formula is C11H13ClN4O. The van der Waals surface area contributed by atoms with Crippen molar-refractivity contribution >= 4 is 34.5 Å². The van der Waals surface area contributed by atoms with Crippen LogP contribution in [-0.4, -0.2) is 22.0 Å². The largest absolute Gasteiger partial charge is 0.369 e. The normalized spacial score (nSPS) is 10.7. The third-order valence-corrected chi connectivity index (χ3v) is 2.74. The highest BCUT2D eigenvalue weighted by molar-refractivity contribution is 6.35. The number of nitrogen functional groups attached to an aromatic ring is 1. The Balaban J connectivity index is 2.43. The Morgan fingerprint density at radius 3 is 3.06 bits per heavy atom. The van der Waals surface area contributed by atoms with Crippen molar-refractivity contribution in [1.82, 2.24) is 14.9 Å². The smallest absolute Gasteiger partial charge is 0.240 e. The Morgan fingerprint density at radius 1 is 1.59 bits per heavy atom. The maximum absolute atomic E-state index is 11.5. The first-order valence-electron chi connectivity index (χ1n) is 5.30. The standard InChI is InChI=1S/C11H13ClN4O/c1-2-14-9(17)6-16-8-5-3-4-7(12)10(8)15-11(16)13/h3-5H,2,6H2,1H3,(H2,13,15)(H,14,17). The van der Waals surface area contributed by atoms with Gasteiger partial charge in [0.2, 0.25) is 11.9 Å². The van der Waals surface area contributed by atoms with Gasteiger partial charge in [-0.05, 0) is 19.1 Å². The molecule has 0 saturated heterocycles. The number of fused-ring (bicyclic) bond motifs is 1. The minimum atomic E-state index is -0.0986. The van der Waals surface area contributed by atoms with Gasteiger partial charge in [0.15, 0.2) is 0 Å². The number of para-hydroxylation sites is 1. The predicted octanol–water partition coefficient (Wildman–Crippen LogP) is 1.41. The SMILES string of the molecule is CCNC(=O)Cn1c(N)nc2c(Cl)cccc21. The number of hydrogen-bond acceptors (Lipinski definition) is 3. The molecule has 1 heterocycles. The molecule has 1 aromatic carbocycles. The van der Waals surface area contributed by atoms with E-state index in [1.165, 1.54) is 0 Å². The van der Waals surface area contributed by atoms with Crippen LogP contribution in [0.4, 0.5) is 5.95 Å². The summed E-state index contributed by atoms with van der Waals surface area (Å²) in [6.07, 6.45) is 0. The van der Waals surface area contributed by atoms with Crippen LogP contribution < -0.4 is 11.1 Å². The van der Waals surface area contributed by atoms with Gasteiger partial charge in [-0.2, -0.15) is 0 Å². The van der Waals surface area contributed by atoms with E-state index in [0.29, 0.717) is 23.0 Å². The number of carbonyl (C=O) groups is 1. The molecule has 0 aliphatic heterocycles. The van der Waals surface area contributed by atoms with E-state index in [2.05, 4.69) is 10.3 Å². The van der Waals surface area contributed by atoms with E-state index in [9.17, 15) is 4.79 Å². The van der Waals surface area contributed by atoms with Crippen molar-refractivity contribution in [2.75, 3.05) is 12.3 Å². The number of anilines is 1. The van der Waals surface area contributed by atoms with Gasteiger partial charge >= 0.3 is 0 Å². The van der Waals surface area contributed by atoms with Crippen LogP contribution in [0.2, 0.25) is 5.02 Å². The Morgan fingerprint density at radius 2 is 2.35 bits per heavy atom. The highest BCUT2D eigenvalue weighted by Gasteiger charge is 2.12. The molecule has 0 atom stereocenters. The molecule has 2 rings (SSSR count). The molecule has 0 spiro atoms. The monoisotopic (exact) mass is 252 g/mol. The van der Waals surface area contributed by atoms with E-state index >= 15 is 0 Å². The maximum atomic E-state index is 11.5. The van der Waals surface area contributed by atoms with Gasteiger partial charge in [-0.15, -0.1) is 0 Å². The van der Waals surface area contributed by atoms with Crippen LogP contribution in [0.3, 0.4) is 0 Å². The quantitative estimate of drug-likeness (QED) is 0.868. The number of hydrogen-bond donors (Lipinski definition) is 2. The number of halogens is 1. The average molecular weight is 253 g/mol. The number of benzene rings is 1. The number of carbonyl (C=O) groups excluding carboxylic acids is 1. The fourth-order valence-corrected chi connectivity index (χ4v) is 1.91. The van der Waals surface area contributed by atoms with Crippen LogP contribution in [-0.2, 0) is 11.3 Å². The first-order chi connectivity index (χ1) is 8.13. The minimum Gasteiger partial charge on any atom is -0.369 e. The molecule has 90 valence electrons. The third-order valence-electron chi connectivity index (χ3n) is 2.43.